The van der Waals surface area contributed by atoms with Gasteiger partial charge < -0.3 is 5.73 Å². The highest BCUT2D eigenvalue weighted by molar-refractivity contribution is 8.00. The Balaban J connectivity index is 2.25. The number of rotatable bonds is 2. The molecule has 2 aromatic heterocycles. The van der Waals surface area contributed by atoms with E-state index in [1.807, 2.05) is 13.0 Å². The van der Waals surface area contributed by atoms with Crippen LogP contribution in [0.3, 0.4) is 0 Å². The molecule has 0 aromatic carbocycles. The topological polar surface area (TPSA) is 77.6 Å². The number of aryl methyl sites for hydroxylation is 1. The summed E-state index contributed by atoms with van der Waals surface area (Å²) in [7, 11) is 0. The fourth-order valence-corrected chi connectivity index (χ4v) is 2.37. The van der Waals surface area contributed by atoms with Crippen LogP contribution in [0.4, 0.5) is 5.95 Å². The molecule has 72 valence electrons. The molecule has 0 radical (unpaired) electrons. The molecule has 0 aliphatic heterocycles. The highest BCUT2D eigenvalue weighted by atomic mass is 32.2. The lowest BCUT2D eigenvalue weighted by Gasteiger charge is -1.99. The monoisotopic (exact) mass is 225 g/mol. The van der Waals surface area contributed by atoms with Crippen molar-refractivity contribution in [1.29, 1.82) is 0 Å². The molecule has 2 aromatic rings. The minimum atomic E-state index is 0.289. The van der Waals surface area contributed by atoms with Crippen LogP contribution < -0.4 is 5.73 Å². The van der Waals surface area contributed by atoms with Crippen molar-refractivity contribution >= 4 is 29.2 Å². The van der Waals surface area contributed by atoms with E-state index in [1.165, 1.54) is 29.6 Å². The highest BCUT2D eigenvalue weighted by Crippen LogP contribution is 2.26. The number of hydrogen-bond acceptors (Lipinski definition) is 7. The van der Waals surface area contributed by atoms with Gasteiger partial charge in [-0.3, -0.25) is 0 Å². The summed E-state index contributed by atoms with van der Waals surface area (Å²) in [6.07, 6.45) is 1.52. The van der Waals surface area contributed by atoms with E-state index < -0.39 is 0 Å². The van der Waals surface area contributed by atoms with E-state index >= 15 is 0 Å². The number of anilines is 1. The van der Waals surface area contributed by atoms with E-state index in [0.717, 1.165) is 15.1 Å². The minimum Gasteiger partial charge on any atom is -0.368 e. The van der Waals surface area contributed by atoms with Gasteiger partial charge in [0.15, 0.2) is 4.34 Å². The Kier molecular flexibility index (Phi) is 2.60. The van der Waals surface area contributed by atoms with Crippen molar-refractivity contribution < 1.29 is 0 Å². The summed E-state index contributed by atoms with van der Waals surface area (Å²) >= 11 is 2.77. The van der Waals surface area contributed by atoms with Gasteiger partial charge in [-0.1, -0.05) is 0 Å². The first-order valence-corrected chi connectivity index (χ1v) is 5.39. The van der Waals surface area contributed by atoms with Gasteiger partial charge in [0.1, 0.15) is 11.4 Å². The molecule has 0 atom stereocenters. The molecule has 0 saturated heterocycles. The summed E-state index contributed by atoms with van der Waals surface area (Å²) in [4.78, 5) is 12.1. The van der Waals surface area contributed by atoms with Crippen LogP contribution in [0, 0.1) is 6.92 Å². The van der Waals surface area contributed by atoms with Crippen LogP contribution in [0.25, 0.3) is 0 Å². The summed E-state index contributed by atoms with van der Waals surface area (Å²) in [5.41, 5.74) is 6.37. The van der Waals surface area contributed by atoms with Gasteiger partial charge in [-0.2, -0.15) is 4.37 Å². The zero-order valence-electron chi connectivity index (χ0n) is 7.34. The molecular weight excluding hydrogens is 218 g/mol. The van der Waals surface area contributed by atoms with Crippen LogP contribution in [0.5, 0.6) is 0 Å². The van der Waals surface area contributed by atoms with Crippen molar-refractivity contribution in [1.82, 2.24) is 19.3 Å². The Morgan fingerprint density at radius 3 is 2.93 bits per heavy atom. The molecule has 5 nitrogen and oxygen atoms in total. The van der Waals surface area contributed by atoms with Gasteiger partial charge in [0.05, 0.1) is 0 Å². The number of nitrogen functional groups attached to an aromatic ring is 1. The number of nitrogens with zero attached hydrogens (tertiary/aromatic N) is 4. The van der Waals surface area contributed by atoms with Gasteiger partial charge >= 0.3 is 0 Å². The van der Waals surface area contributed by atoms with Crippen LogP contribution in [0.15, 0.2) is 21.8 Å². The lowest BCUT2D eigenvalue weighted by Crippen LogP contribution is -1.97. The SMILES string of the molecule is Cc1cc(Sc2ncns2)nc(N)n1. The van der Waals surface area contributed by atoms with Crippen LogP contribution in [0.1, 0.15) is 5.69 Å². The summed E-state index contributed by atoms with van der Waals surface area (Å²) in [5, 5.41) is 0.798. The fourth-order valence-electron chi connectivity index (χ4n) is 0.911. The molecule has 0 unspecified atom stereocenters. The standard InChI is InChI=1S/C7H7N5S2/c1-4-2-5(12-6(8)11-4)13-7-9-3-10-14-7/h2-3H,1H3,(H2,8,11,12). The fraction of sp³-hybridized carbons (Fsp3) is 0.143. The Morgan fingerprint density at radius 2 is 2.29 bits per heavy atom. The second-order valence-electron chi connectivity index (χ2n) is 2.51. The third-order valence-electron chi connectivity index (χ3n) is 1.38. The Hall–Kier alpha value is -1.21. The molecule has 0 bridgehead atoms. The first-order valence-electron chi connectivity index (χ1n) is 3.80. The summed E-state index contributed by atoms with van der Waals surface area (Å²) in [6, 6.07) is 1.86. The Labute approximate surface area is 89.0 Å². The summed E-state index contributed by atoms with van der Waals surface area (Å²) in [5.74, 6) is 0.289. The van der Waals surface area contributed by atoms with E-state index in [4.69, 9.17) is 5.73 Å². The lowest BCUT2D eigenvalue weighted by molar-refractivity contribution is 1.02. The normalized spacial score (nSPS) is 10.4. The molecule has 0 fully saturated rings. The van der Waals surface area contributed by atoms with Crippen molar-refractivity contribution in [2.45, 2.75) is 16.3 Å². The second-order valence-corrected chi connectivity index (χ2v) is 4.56. The van der Waals surface area contributed by atoms with Gasteiger partial charge in [0.25, 0.3) is 0 Å². The van der Waals surface area contributed by atoms with Crippen LogP contribution in [-0.4, -0.2) is 19.3 Å². The molecule has 14 heavy (non-hydrogen) atoms. The van der Waals surface area contributed by atoms with E-state index in [9.17, 15) is 0 Å². The first kappa shape index (κ1) is 9.35. The summed E-state index contributed by atoms with van der Waals surface area (Å²) < 4.78 is 4.75. The van der Waals surface area contributed by atoms with Crippen molar-refractivity contribution in [3.63, 3.8) is 0 Å². The average molecular weight is 225 g/mol. The Bertz CT molecular complexity index is 407. The van der Waals surface area contributed by atoms with Crippen LogP contribution >= 0.6 is 23.3 Å². The van der Waals surface area contributed by atoms with E-state index in [0.29, 0.717) is 0 Å². The number of nitrogens with two attached hydrogens (primary N) is 1. The minimum absolute atomic E-state index is 0.289. The molecule has 2 rings (SSSR count). The molecule has 0 spiro atoms. The maximum absolute atomic E-state index is 5.52. The maximum Gasteiger partial charge on any atom is 0.221 e. The quantitative estimate of drug-likeness (QED) is 0.778. The van der Waals surface area contributed by atoms with Crippen molar-refractivity contribution in [2.75, 3.05) is 5.73 Å². The molecule has 0 saturated carbocycles. The summed E-state index contributed by atoms with van der Waals surface area (Å²) in [6.45, 7) is 1.88. The van der Waals surface area contributed by atoms with Crippen LogP contribution in [0.2, 0.25) is 0 Å². The molecule has 2 heterocycles. The molecule has 0 amide bonds. The molecule has 0 aliphatic carbocycles. The molecule has 7 heteroatoms. The number of hydrogen-bond donors (Lipinski definition) is 1. The van der Waals surface area contributed by atoms with E-state index in [-0.39, 0.29) is 5.95 Å². The third kappa shape index (κ3) is 2.18. The van der Waals surface area contributed by atoms with E-state index in [2.05, 4.69) is 19.3 Å². The van der Waals surface area contributed by atoms with Crippen molar-refractivity contribution in [3.05, 3.63) is 18.1 Å². The van der Waals surface area contributed by atoms with E-state index in [1.54, 1.807) is 0 Å². The molecular formula is C7H7N5S2. The first-order chi connectivity index (χ1) is 6.74. The highest BCUT2D eigenvalue weighted by Gasteiger charge is 2.04. The zero-order valence-corrected chi connectivity index (χ0v) is 8.97. The lowest BCUT2D eigenvalue weighted by atomic mass is 10.5. The maximum atomic E-state index is 5.52. The van der Waals surface area contributed by atoms with Gasteiger partial charge in [-0.15, -0.1) is 0 Å². The zero-order chi connectivity index (χ0) is 9.97. The largest absolute Gasteiger partial charge is 0.368 e. The smallest absolute Gasteiger partial charge is 0.221 e. The van der Waals surface area contributed by atoms with Crippen molar-refractivity contribution in [2.24, 2.45) is 0 Å². The predicted molar refractivity (Wildman–Crippen MR) is 55.2 cm³/mol. The van der Waals surface area contributed by atoms with Gasteiger partial charge in [0, 0.05) is 5.69 Å². The van der Waals surface area contributed by atoms with Gasteiger partial charge in [-0.25, -0.2) is 15.0 Å². The van der Waals surface area contributed by atoms with Crippen LogP contribution in [-0.2, 0) is 0 Å². The van der Waals surface area contributed by atoms with Gasteiger partial charge in [0.2, 0.25) is 5.95 Å². The average Bonchev–Trinajstić information content (AvgIpc) is 2.54. The Morgan fingerprint density at radius 1 is 1.43 bits per heavy atom. The molecule has 0 aliphatic rings. The second kappa shape index (κ2) is 3.89. The van der Waals surface area contributed by atoms with Gasteiger partial charge in [-0.05, 0) is 36.3 Å². The molecule has 2 N–H and O–H groups in total. The van der Waals surface area contributed by atoms with Crippen molar-refractivity contribution in [3.8, 4) is 0 Å². The predicted octanol–water partition coefficient (Wildman–Crippen LogP) is 1.37. The third-order valence-corrected chi connectivity index (χ3v) is 3.01. The number of aromatic nitrogens is 4.